The predicted molar refractivity (Wildman–Crippen MR) is 97.6 cm³/mol. The van der Waals surface area contributed by atoms with Crippen molar-refractivity contribution in [1.29, 1.82) is 0 Å². The van der Waals surface area contributed by atoms with Crippen LogP contribution < -0.4 is 4.74 Å². The van der Waals surface area contributed by atoms with Crippen LogP contribution >= 0.6 is 12.6 Å². The lowest BCUT2D eigenvalue weighted by atomic mass is 10.0. The number of rotatable bonds is 7. The molecule has 122 valence electrons. The quantitative estimate of drug-likeness (QED) is 0.774. The molecule has 23 heavy (non-hydrogen) atoms. The van der Waals surface area contributed by atoms with E-state index in [1.54, 1.807) is 0 Å². The van der Waals surface area contributed by atoms with E-state index in [0.29, 0.717) is 0 Å². The van der Waals surface area contributed by atoms with Crippen molar-refractivity contribution in [2.45, 2.75) is 19.3 Å². The summed E-state index contributed by atoms with van der Waals surface area (Å²) in [6.07, 6.45) is 0.982. The molecule has 0 saturated carbocycles. The lowest BCUT2D eigenvalue weighted by Crippen LogP contribution is -2.14. The van der Waals surface area contributed by atoms with E-state index in [2.05, 4.69) is 43.8 Å². The molecule has 0 saturated heterocycles. The van der Waals surface area contributed by atoms with E-state index in [-0.39, 0.29) is 11.0 Å². The molecule has 0 bridgehead atoms. The third-order valence-electron chi connectivity index (χ3n) is 3.71. The smallest absolute Gasteiger partial charge is 0.193 e. The zero-order valence-electron chi connectivity index (χ0n) is 13.8. The Morgan fingerprint density at radius 1 is 1.13 bits per heavy atom. The van der Waals surface area contributed by atoms with Crippen LogP contribution in [0.3, 0.4) is 0 Å². The summed E-state index contributed by atoms with van der Waals surface area (Å²) in [7, 11) is 4.13. The van der Waals surface area contributed by atoms with Gasteiger partial charge in [0.25, 0.3) is 0 Å². The first-order chi connectivity index (χ1) is 11.0. The van der Waals surface area contributed by atoms with Gasteiger partial charge in [-0.15, -0.1) is 12.6 Å². The van der Waals surface area contributed by atoms with Crippen LogP contribution in [0.1, 0.15) is 24.0 Å². The standard InChI is InChI=1S/C19H23NO2S/c1-14(19(21)23)16-7-5-9-18(13-16)22-17-8-4-6-15(12-17)10-11-20(2)3/h4-9,12-14H,10-11H2,1-3H3,(H,21,23). The first-order valence-electron chi connectivity index (χ1n) is 7.70. The number of benzene rings is 2. The molecule has 0 N–H and O–H groups in total. The molecular formula is C19H23NO2S. The maximum absolute atomic E-state index is 11.4. The first kappa shape index (κ1) is 17.6. The second-order valence-corrected chi connectivity index (χ2v) is 6.38. The molecule has 2 aromatic rings. The number of carbonyl (C=O) groups is 1. The van der Waals surface area contributed by atoms with Crippen LogP contribution in [0.5, 0.6) is 11.5 Å². The van der Waals surface area contributed by atoms with E-state index in [9.17, 15) is 4.79 Å². The normalized spacial score (nSPS) is 12.2. The zero-order valence-corrected chi connectivity index (χ0v) is 14.7. The fraction of sp³-hybridized carbons (Fsp3) is 0.316. The second-order valence-electron chi connectivity index (χ2n) is 5.94. The Morgan fingerprint density at radius 2 is 1.78 bits per heavy atom. The van der Waals surface area contributed by atoms with Crippen LogP contribution in [0.15, 0.2) is 48.5 Å². The van der Waals surface area contributed by atoms with E-state index in [0.717, 1.165) is 30.0 Å². The number of ether oxygens (including phenoxy) is 1. The fourth-order valence-electron chi connectivity index (χ4n) is 2.24. The van der Waals surface area contributed by atoms with E-state index in [1.807, 2.05) is 43.3 Å². The highest BCUT2D eigenvalue weighted by Gasteiger charge is 2.12. The summed E-state index contributed by atoms with van der Waals surface area (Å²) in [5.74, 6) is 1.30. The van der Waals surface area contributed by atoms with Gasteiger partial charge in [0.2, 0.25) is 0 Å². The largest absolute Gasteiger partial charge is 0.457 e. The number of thiol groups is 1. The van der Waals surface area contributed by atoms with E-state index in [1.165, 1.54) is 5.56 Å². The molecule has 0 aliphatic heterocycles. The molecule has 0 aliphatic carbocycles. The van der Waals surface area contributed by atoms with Gasteiger partial charge in [0, 0.05) is 6.54 Å². The van der Waals surface area contributed by atoms with Crippen molar-refractivity contribution in [2.24, 2.45) is 0 Å². The van der Waals surface area contributed by atoms with Gasteiger partial charge in [0.15, 0.2) is 5.12 Å². The van der Waals surface area contributed by atoms with Gasteiger partial charge in [-0.2, -0.15) is 0 Å². The number of hydrogen-bond donors (Lipinski definition) is 1. The Labute approximate surface area is 143 Å². The Hall–Kier alpha value is -1.78. The Kier molecular flexibility index (Phi) is 6.25. The first-order valence-corrected chi connectivity index (χ1v) is 8.14. The van der Waals surface area contributed by atoms with Gasteiger partial charge in [0.1, 0.15) is 11.5 Å². The lowest BCUT2D eigenvalue weighted by Gasteiger charge is -2.12. The maximum Gasteiger partial charge on any atom is 0.193 e. The van der Waals surface area contributed by atoms with Crippen molar-refractivity contribution >= 4 is 17.7 Å². The second kappa shape index (κ2) is 8.18. The molecule has 0 spiro atoms. The van der Waals surface area contributed by atoms with Gasteiger partial charge in [0.05, 0.1) is 5.92 Å². The van der Waals surface area contributed by atoms with Gasteiger partial charge >= 0.3 is 0 Å². The minimum Gasteiger partial charge on any atom is -0.457 e. The van der Waals surface area contributed by atoms with Crippen LogP contribution in [-0.2, 0) is 11.2 Å². The van der Waals surface area contributed by atoms with Crippen LogP contribution in [0.4, 0.5) is 0 Å². The minimum atomic E-state index is -0.242. The predicted octanol–water partition coefficient (Wildman–Crippen LogP) is 4.14. The van der Waals surface area contributed by atoms with Crippen molar-refractivity contribution in [2.75, 3.05) is 20.6 Å². The zero-order chi connectivity index (χ0) is 16.8. The average molecular weight is 329 g/mol. The fourth-order valence-corrected chi connectivity index (χ4v) is 2.39. The monoisotopic (exact) mass is 329 g/mol. The third kappa shape index (κ3) is 5.41. The third-order valence-corrected chi connectivity index (χ3v) is 4.10. The van der Waals surface area contributed by atoms with Crippen LogP contribution in [-0.4, -0.2) is 30.7 Å². The summed E-state index contributed by atoms with van der Waals surface area (Å²) in [6.45, 7) is 2.84. The Morgan fingerprint density at radius 3 is 2.43 bits per heavy atom. The van der Waals surface area contributed by atoms with E-state index < -0.39 is 0 Å². The summed E-state index contributed by atoms with van der Waals surface area (Å²) in [5.41, 5.74) is 2.15. The highest BCUT2D eigenvalue weighted by atomic mass is 32.1. The van der Waals surface area contributed by atoms with Crippen LogP contribution in [0.2, 0.25) is 0 Å². The van der Waals surface area contributed by atoms with Gasteiger partial charge < -0.3 is 9.64 Å². The van der Waals surface area contributed by atoms with Crippen molar-refractivity contribution < 1.29 is 9.53 Å². The Bertz CT molecular complexity index is 670. The molecule has 1 atom stereocenters. The minimum absolute atomic E-state index is 0.146. The maximum atomic E-state index is 11.4. The Balaban J connectivity index is 2.11. The van der Waals surface area contributed by atoms with Gasteiger partial charge in [-0.25, -0.2) is 0 Å². The van der Waals surface area contributed by atoms with Crippen molar-refractivity contribution in [3.8, 4) is 11.5 Å². The van der Waals surface area contributed by atoms with Gasteiger partial charge in [-0.05, 0) is 55.9 Å². The molecule has 4 heteroatoms. The summed E-state index contributed by atoms with van der Waals surface area (Å²) in [4.78, 5) is 13.6. The topological polar surface area (TPSA) is 29.5 Å². The summed E-state index contributed by atoms with van der Waals surface area (Å²) in [6, 6.07) is 15.7. The molecular weight excluding hydrogens is 306 g/mol. The SMILES string of the molecule is CC(C(=O)S)c1cccc(Oc2cccc(CCN(C)C)c2)c1. The molecule has 2 rings (SSSR count). The molecule has 1 unspecified atom stereocenters. The van der Waals surface area contributed by atoms with Crippen LogP contribution in [0.25, 0.3) is 0 Å². The van der Waals surface area contributed by atoms with Gasteiger partial charge in [-0.1, -0.05) is 31.2 Å². The summed E-state index contributed by atoms with van der Waals surface area (Å²) < 4.78 is 5.95. The highest BCUT2D eigenvalue weighted by molar-refractivity contribution is 7.96. The van der Waals surface area contributed by atoms with E-state index >= 15 is 0 Å². The summed E-state index contributed by atoms with van der Waals surface area (Å²) in [5, 5.41) is -0.146. The molecule has 0 radical (unpaired) electrons. The van der Waals surface area contributed by atoms with Crippen molar-refractivity contribution in [3.63, 3.8) is 0 Å². The average Bonchev–Trinajstić information content (AvgIpc) is 2.52. The summed E-state index contributed by atoms with van der Waals surface area (Å²) >= 11 is 3.91. The number of nitrogens with zero attached hydrogens (tertiary/aromatic N) is 1. The van der Waals surface area contributed by atoms with Crippen molar-refractivity contribution in [1.82, 2.24) is 4.90 Å². The lowest BCUT2D eigenvalue weighted by molar-refractivity contribution is -0.111. The van der Waals surface area contributed by atoms with Gasteiger partial charge in [-0.3, -0.25) is 4.79 Å². The molecule has 0 aromatic heterocycles. The van der Waals surface area contributed by atoms with E-state index in [4.69, 9.17) is 4.74 Å². The number of carbonyl (C=O) groups excluding carboxylic acids is 1. The molecule has 0 amide bonds. The molecule has 3 nitrogen and oxygen atoms in total. The molecule has 2 aromatic carbocycles. The number of likely N-dealkylation sites (N-methyl/N-ethyl adjacent to an activating group) is 1. The highest BCUT2D eigenvalue weighted by Crippen LogP contribution is 2.27. The molecule has 0 fully saturated rings. The molecule has 0 aliphatic rings. The van der Waals surface area contributed by atoms with Crippen LogP contribution in [0, 0.1) is 0 Å². The molecule has 0 heterocycles. The number of hydrogen-bond acceptors (Lipinski definition) is 3. The van der Waals surface area contributed by atoms with Crippen molar-refractivity contribution in [3.05, 3.63) is 59.7 Å².